The van der Waals surface area contributed by atoms with Crippen molar-refractivity contribution in [3.05, 3.63) is 47.4 Å². The van der Waals surface area contributed by atoms with Crippen LogP contribution in [0.2, 0.25) is 0 Å². The third kappa shape index (κ3) is 2.25. The van der Waals surface area contributed by atoms with E-state index in [2.05, 4.69) is 15.5 Å². The summed E-state index contributed by atoms with van der Waals surface area (Å²) < 4.78 is 13.0. The fraction of sp³-hybridized carbons (Fsp3) is 0.231. The van der Waals surface area contributed by atoms with Crippen LogP contribution in [0, 0.1) is 5.82 Å². The molecule has 1 aromatic heterocycles. The van der Waals surface area contributed by atoms with Gasteiger partial charge < -0.3 is 5.32 Å². The number of hydrogen-bond acceptors (Lipinski definition) is 2. The molecule has 92 valence electrons. The third-order valence-electron chi connectivity index (χ3n) is 2.94. The Morgan fingerprint density at radius 1 is 1.39 bits per heavy atom. The van der Waals surface area contributed by atoms with Gasteiger partial charge in [0.25, 0.3) is 5.91 Å². The summed E-state index contributed by atoms with van der Waals surface area (Å²) in [6, 6.07) is 7.40. The number of aromatic amines is 1. The van der Waals surface area contributed by atoms with E-state index < -0.39 is 5.82 Å². The van der Waals surface area contributed by atoms with Crippen LogP contribution in [-0.2, 0) is 0 Å². The highest BCUT2D eigenvalue weighted by atomic mass is 19.1. The Hall–Kier alpha value is -2.17. The predicted molar refractivity (Wildman–Crippen MR) is 64.9 cm³/mol. The summed E-state index contributed by atoms with van der Waals surface area (Å²) in [7, 11) is 0. The van der Waals surface area contributed by atoms with E-state index in [4.69, 9.17) is 0 Å². The first-order valence-corrected chi connectivity index (χ1v) is 5.84. The Morgan fingerprint density at radius 2 is 2.22 bits per heavy atom. The molecule has 1 amide bonds. The number of carbonyl (C=O) groups is 1. The van der Waals surface area contributed by atoms with Gasteiger partial charge in [0.2, 0.25) is 0 Å². The molecule has 1 fully saturated rings. The SMILES string of the molecule is O=C(Nc1cc(C2CC2)[nH]n1)c1cccc(F)c1. The molecule has 1 aliphatic carbocycles. The van der Waals surface area contributed by atoms with Gasteiger partial charge in [-0.05, 0) is 31.0 Å². The number of aromatic nitrogens is 2. The molecule has 2 N–H and O–H groups in total. The first-order chi connectivity index (χ1) is 8.72. The van der Waals surface area contributed by atoms with Crippen LogP contribution < -0.4 is 5.32 Å². The molecule has 3 rings (SSSR count). The van der Waals surface area contributed by atoms with E-state index in [0.29, 0.717) is 11.7 Å². The fourth-order valence-electron chi connectivity index (χ4n) is 1.82. The molecular weight excluding hydrogens is 233 g/mol. The average molecular weight is 245 g/mol. The largest absolute Gasteiger partial charge is 0.305 e. The number of carbonyl (C=O) groups excluding carboxylic acids is 1. The van der Waals surface area contributed by atoms with E-state index in [-0.39, 0.29) is 11.5 Å². The van der Waals surface area contributed by atoms with Crippen LogP contribution in [0.3, 0.4) is 0 Å². The van der Waals surface area contributed by atoms with Gasteiger partial charge in [-0.25, -0.2) is 4.39 Å². The smallest absolute Gasteiger partial charge is 0.256 e. The minimum atomic E-state index is -0.427. The van der Waals surface area contributed by atoms with Crippen LogP contribution in [-0.4, -0.2) is 16.1 Å². The monoisotopic (exact) mass is 245 g/mol. The van der Waals surface area contributed by atoms with Gasteiger partial charge in [-0.3, -0.25) is 9.89 Å². The standard InChI is InChI=1S/C13H12FN3O/c14-10-3-1-2-9(6-10)13(18)15-12-7-11(16-17-12)8-4-5-8/h1-3,6-8H,4-5H2,(H2,15,16,17,18). The van der Waals surface area contributed by atoms with E-state index in [1.54, 1.807) is 6.07 Å². The molecule has 1 aromatic carbocycles. The summed E-state index contributed by atoms with van der Waals surface area (Å²) in [5, 5.41) is 9.55. The van der Waals surface area contributed by atoms with E-state index in [9.17, 15) is 9.18 Å². The molecule has 0 unspecified atom stereocenters. The highest BCUT2D eigenvalue weighted by Gasteiger charge is 2.25. The van der Waals surface area contributed by atoms with Crippen molar-refractivity contribution in [1.29, 1.82) is 0 Å². The quantitative estimate of drug-likeness (QED) is 0.873. The highest BCUT2D eigenvalue weighted by Crippen LogP contribution is 2.39. The van der Waals surface area contributed by atoms with E-state index in [1.165, 1.54) is 31.0 Å². The topological polar surface area (TPSA) is 57.8 Å². The lowest BCUT2D eigenvalue weighted by atomic mass is 10.2. The van der Waals surface area contributed by atoms with E-state index in [1.807, 2.05) is 6.07 Å². The third-order valence-corrected chi connectivity index (χ3v) is 2.94. The molecule has 0 saturated heterocycles. The fourth-order valence-corrected chi connectivity index (χ4v) is 1.82. The average Bonchev–Trinajstić information content (AvgIpc) is 3.11. The minimum Gasteiger partial charge on any atom is -0.305 e. The summed E-state index contributed by atoms with van der Waals surface area (Å²) in [6.07, 6.45) is 2.33. The van der Waals surface area contributed by atoms with Crippen molar-refractivity contribution in [3.63, 3.8) is 0 Å². The van der Waals surface area contributed by atoms with Crippen LogP contribution in [0.5, 0.6) is 0 Å². The summed E-state index contributed by atoms with van der Waals surface area (Å²) in [5.41, 5.74) is 1.33. The maximum atomic E-state index is 13.0. The lowest BCUT2D eigenvalue weighted by Crippen LogP contribution is -2.12. The van der Waals surface area contributed by atoms with Crippen LogP contribution in [0.1, 0.15) is 34.8 Å². The predicted octanol–water partition coefficient (Wildman–Crippen LogP) is 2.68. The van der Waals surface area contributed by atoms with Crippen LogP contribution in [0.4, 0.5) is 10.2 Å². The Bertz CT molecular complexity index is 589. The van der Waals surface area contributed by atoms with Crippen LogP contribution in [0.15, 0.2) is 30.3 Å². The number of benzene rings is 1. The molecule has 5 heteroatoms. The second-order valence-electron chi connectivity index (χ2n) is 4.45. The number of amides is 1. The number of nitrogens with one attached hydrogen (secondary N) is 2. The van der Waals surface area contributed by atoms with E-state index >= 15 is 0 Å². The number of nitrogens with zero attached hydrogens (tertiary/aromatic N) is 1. The van der Waals surface area contributed by atoms with Gasteiger partial charge in [-0.15, -0.1) is 0 Å². The number of H-pyrrole nitrogens is 1. The number of rotatable bonds is 3. The molecule has 1 heterocycles. The highest BCUT2D eigenvalue weighted by molar-refractivity contribution is 6.03. The second-order valence-corrected chi connectivity index (χ2v) is 4.45. The van der Waals surface area contributed by atoms with Gasteiger partial charge >= 0.3 is 0 Å². The molecule has 0 aliphatic heterocycles. The normalized spacial score (nSPS) is 14.5. The van der Waals surface area contributed by atoms with Crippen molar-refractivity contribution in [2.45, 2.75) is 18.8 Å². The maximum Gasteiger partial charge on any atom is 0.256 e. The van der Waals surface area contributed by atoms with Gasteiger partial charge in [-0.1, -0.05) is 6.07 Å². The lowest BCUT2D eigenvalue weighted by molar-refractivity contribution is 0.102. The Kier molecular flexibility index (Phi) is 2.59. The summed E-state index contributed by atoms with van der Waals surface area (Å²) in [4.78, 5) is 11.8. The van der Waals surface area contributed by atoms with Gasteiger partial charge in [-0.2, -0.15) is 5.10 Å². The van der Waals surface area contributed by atoms with Crippen molar-refractivity contribution >= 4 is 11.7 Å². The minimum absolute atomic E-state index is 0.283. The zero-order valence-corrected chi connectivity index (χ0v) is 9.61. The molecule has 0 bridgehead atoms. The maximum absolute atomic E-state index is 13.0. The zero-order chi connectivity index (χ0) is 12.5. The molecule has 1 saturated carbocycles. The number of hydrogen-bond donors (Lipinski definition) is 2. The summed E-state index contributed by atoms with van der Waals surface area (Å²) in [5.74, 6) is 0.246. The lowest BCUT2D eigenvalue weighted by Gasteiger charge is -2.01. The second kappa shape index (κ2) is 4.25. The van der Waals surface area contributed by atoms with Crippen molar-refractivity contribution in [3.8, 4) is 0 Å². The first-order valence-electron chi connectivity index (χ1n) is 5.84. The molecule has 1 aliphatic rings. The Morgan fingerprint density at radius 3 is 2.94 bits per heavy atom. The van der Waals surface area contributed by atoms with Crippen molar-refractivity contribution in [2.24, 2.45) is 0 Å². The molecule has 0 spiro atoms. The molecule has 4 nitrogen and oxygen atoms in total. The van der Waals surface area contributed by atoms with Gasteiger partial charge in [0.1, 0.15) is 5.82 Å². The van der Waals surface area contributed by atoms with Gasteiger partial charge in [0.05, 0.1) is 0 Å². The van der Waals surface area contributed by atoms with Crippen LogP contribution in [0.25, 0.3) is 0 Å². The van der Waals surface area contributed by atoms with E-state index in [0.717, 1.165) is 5.69 Å². The molecule has 0 atom stereocenters. The van der Waals surface area contributed by atoms with Crippen molar-refractivity contribution in [2.75, 3.05) is 5.32 Å². The Balaban J connectivity index is 1.73. The van der Waals surface area contributed by atoms with Gasteiger partial charge in [0.15, 0.2) is 5.82 Å². The summed E-state index contributed by atoms with van der Waals surface area (Å²) in [6.45, 7) is 0. The molecule has 18 heavy (non-hydrogen) atoms. The van der Waals surface area contributed by atoms with Crippen LogP contribution >= 0.6 is 0 Å². The van der Waals surface area contributed by atoms with Gasteiger partial charge in [0, 0.05) is 23.2 Å². The Labute approximate surface area is 103 Å². The number of halogens is 1. The number of anilines is 1. The molecular formula is C13H12FN3O. The first kappa shape index (κ1) is 11.0. The van der Waals surface area contributed by atoms with Crippen molar-refractivity contribution < 1.29 is 9.18 Å². The zero-order valence-electron chi connectivity index (χ0n) is 9.61. The molecule has 0 radical (unpaired) electrons. The summed E-state index contributed by atoms with van der Waals surface area (Å²) >= 11 is 0. The van der Waals surface area contributed by atoms with Crippen molar-refractivity contribution in [1.82, 2.24) is 10.2 Å². The molecule has 2 aromatic rings.